The molecule has 0 radical (unpaired) electrons. The molecule has 1 atom stereocenters. The van der Waals surface area contributed by atoms with E-state index in [1.165, 1.54) is 0 Å². The Morgan fingerprint density at radius 3 is 2.23 bits per heavy atom. The number of likely N-dealkylation sites (tertiary alicyclic amines) is 1. The Morgan fingerprint density at radius 1 is 0.938 bits per heavy atom. The molecule has 2 N–H and O–H groups in total. The third kappa shape index (κ3) is 10.1. The second-order valence-electron chi connectivity index (χ2n) is 11.3. The first kappa shape index (κ1) is 36.5. The molecule has 5 rings (SSSR count). The summed E-state index contributed by atoms with van der Waals surface area (Å²) in [6.07, 6.45) is 4.83. The smallest absolute Gasteiger partial charge is 0.328 e. The van der Waals surface area contributed by atoms with Gasteiger partial charge in [0.1, 0.15) is 16.9 Å². The molecule has 0 saturated carbocycles. The summed E-state index contributed by atoms with van der Waals surface area (Å²) < 4.78 is 11.8. The van der Waals surface area contributed by atoms with Gasteiger partial charge in [-0.15, -0.1) is 0 Å². The van der Waals surface area contributed by atoms with Crippen LogP contribution in [0.2, 0.25) is 5.02 Å². The molecule has 1 unspecified atom stereocenters. The van der Waals surface area contributed by atoms with Crippen LogP contribution in [0.15, 0.2) is 83.8 Å². The Bertz CT molecular complexity index is 1610. The van der Waals surface area contributed by atoms with Crippen molar-refractivity contribution in [3.8, 4) is 11.5 Å². The maximum atomic E-state index is 12.8. The molecule has 0 aromatic heterocycles. The zero-order valence-corrected chi connectivity index (χ0v) is 28.4. The van der Waals surface area contributed by atoms with Crippen molar-refractivity contribution in [3.05, 3.63) is 95.0 Å². The number of unbranched alkanes of at least 4 members (excludes halogenated alkanes) is 1. The maximum absolute atomic E-state index is 12.8. The number of carbonyl (C=O) groups is 4. The van der Waals surface area contributed by atoms with Gasteiger partial charge in [-0.05, 0) is 99.9 Å². The Kier molecular flexibility index (Phi) is 13.5. The number of carbonyl (C=O) groups excluding carboxylic acids is 2. The molecule has 3 aromatic carbocycles. The second kappa shape index (κ2) is 17.7. The van der Waals surface area contributed by atoms with Crippen LogP contribution in [-0.2, 0) is 14.4 Å². The highest BCUT2D eigenvalue weighted by molar-refractivity contribution is 8.00. The monoisotopic (exact) mass is 694 g/mol. The van der Waals surface area contributed by atoms with Crippen LogP contribution >= 0.6 is 23.4 Å². The van der Waals surface area contributed by atoms with Gasteiger partial charge < -0.3 is 24.6 Å². The summed E-state index contributed by atoms with van der Waals surface area (Å²) >= 11 is 7.62. The molecule has 2 heterocycles. The minimum absolute atomic E-state index is 0.00476. The molecule has 254 valence electrons. The number of para-hydroxylation sites is 1. The predicted molar refractivity (Wildman–Crippen MR) is 185 cm³/mol. The number of carboxylic acid groups (broad SMARTS) is 2. The summed E-state index contributed by atoms with van der Waals surface area (Å²) in [5, 5.41) is 16.1. The van der Waals surface area contributed by atoms with Gasteiger partial charge in [-0.3, -0.25) is 14.5 Å². The standard InChI is InChI=1S/C32H35ClN2O4S.C4H4O4/c1-22(36)35-28-7-3-4-8-30(28)40-32(35)27-21-26(38-2)13-14-29(27)39-20-6-5-17-34-18-15-24(16-19-34)31(37)23-9-11-25(33)12-10-23;5-3(6)1-2-4(7)8/h3-4,7-14,21,24,32H,5-6,15-20H2,1-2H3;1-2H,(H,5,6)(H,7,8). The number of carboxylic acids is 2. The lowest BCUT2D eigenvalue weighted by molar-refractivity contribution is -0.134. The number of rotatable bonds is 12. The first-order chi connectivity index (χ1) is 23.1. The van der Waals surface area contributed by atoms with E-state index in [9.17, 15) is 19.2 Å². The number of piperidine rings is 1. The topological polar surface area (TPSA) is 134 Å². The number of benzene rings is 3. The van der Waals surface area contributed by atoms with Crippen molar-refractivity contribution in [2.24, 2.45) is 5.92 Å². The summed E-state index contributed by atoms with van der Waals surface area (Å²) in [4.78, 5) is 50.0. The molecule has 1 saturated heterocycles. The number of ether oxygens (including phenoxy) is 2. The fourth-order valence-corrected chi connectivity index (χ4v) is 7.09. The number of hydrogen-bond donors (Lipinski definition) is 2. The first-order valence-corrected chi connectivity index (χ1v) is 16.9. The lowest BCUT2D eigenvalue weighted by Gasteiger charge is -2.31. The molecule has 10 nitrogen and oxygen atoms in total. The quantitative estimate of drug-likeness (QED) is 0.116. The van der Waals surface area contributed by atoms with Crippen molar-refractivity contribution in [2.45, 2.75) is 42.9 Å². The minimum Gasteiger partial charge on any atom is -0.497 e. The molecule has 0 spiro atoms. The predicted octanol–water partition coefficient (Wildman–Crippen LogP) is 6.97. The van der Waals surface area contributed by atoms with E-state index in [2.05, 4.69) is 4.90 Å². The zero-order chi connectivity index (χ0) is 34.6. The SMILES string of the molecule is COc1ccc(OCCCCN2CCC(C(=O)c3ccc(Cl)cc3)CC2)c(C2Sc3ccccc3N2C(C)=O)c1.O=C(O)C=CC(=O)O. The summed E-state index contributed by atoms with van der Waals surface area (Å²) in [6, 6.07) is 21.0. The van der Waals surface area contributed by atoms with Crippen LogP contribution in [-0.4, -0.2) is 72.1 Å². The molecule has 48 heavy (non-hydrogen) atoms. The maximum Gasteiger partial charge on any atom is 0.328 e. The van der Waals surface area contributed by atoms with Crippen molar-refractivity contribution < 1.29 is 38.9 Å². The molecule has 0 bridgehead atoms. The first-order valence-electron chi connectivity index (χ1n) is 15.6. The van der Waals surface area contributed by atoms with Gasteiger partial charge in [-0.2, -0.15) is 0 Å². The van der Waals surface area contributed by atoms with Gasteiger partial charge in [0.15, 0.2) is 5.78 Å². The fourth-order valence-electron chi connectivity index (χ4n) is 5.60. The summed E-state index contributed by atoms with van der Waals surface area (Å²) in [6.45, 7) is 5.07. The van der Waals surface area contributed by atoms with Gasteiger partial charge >= 0.3 is 11.9 Å². The largest absolute Gasteiger partial charge is 0.497 e. The van der Waals surface area contributed by atoms with Gasteiger partial charge in [0, 0.05) is 46.0 Å². The zero-order valence-electron chi connectivity index (χ0n) is 26.8. The van der Waals surface area contributed by atoms with E-state index >= 15 is 0 Å². The van der Waals surface area contributed by atoms with E-state index in [0.29, 0.717) is 23.8 Å². The van der Waals surface area contributed by atoms with Crippen LogP contribution in [0.5, 0.6) is 11.5 Å². The third-order valence-electron chi connectivity index (χ3n) is 8.00. The number of methoxy groups -OCH3 is 1. The number of hydrogen-bond acceptors (Lipinski definition) is 8. The van der Waals surface area contributed by atoms with Crippen molar-refractivity contribution in [1.82, 2.24) is 4.90 Å². The van der Waals surface area contributed by atoms with Crippen LogP contribution in [0.4, 0.5) is 5.69 Å². The molecule has 1 fully saturated rings. The summed E-state index contributed by atoms with van der Waals surface area (Å²) in [5.41, 5.74) is 2.62. The van der Waals surface area contributed by atoms with E-state index in [4.69, 9.17) is 31.3 Å². The average molecular weight is 695 g/mol. The van der Waals surface area contributed by atoms with Crippen LogP contribution in [0, 0.1) is 5.92 Å². The highest BCUT2D eigenvalue weighted by Crippen LogP contribution is 2.53. The Labute approximate surface area is 289 Å². The molecule has 3 aromatic rings. The molecular weight excluding hydrogens is 656 g/mol. The van der Waals surface area contributed by atoms with Crippen LogP contribution in [0.1, 0.15) is 53.9 Å². The van der Waals surface area contributed by atoms with Crippen molar-refractivity contribution in [1.29, 1.82) is 0 Å². The molecule has 2 aliphatic heterocycles. The van der Waals surface area contributed by atoms with Crippen molar-refractivity contribution in [2.75, 3.05) is 38.3 Å². The van der Waals surface area contributed by atoms with E-state index in [-0.39, 0.29) is 23.0 Å². The molecule has 2 aliphatic rings. The third-order valence-corrected chi connectivity index (χ3v) is 9.54. The van der Waals surface area contributed by atoms with Crippen LogP contribution in [0.3, 0.4) is 0 Å². The number of amides is 1. The second-order valence-corrected chi connectivity index (χ2v) is 12.8. The van der Waals surface area contributed by atoms with Crippen LogP contribution < -0.4 is 14.4 Å². The Balaban J connectivity index is 0.000000579. The van der Waals surface area contributed by atoms with E-state index in [1.807, 2.05) is 59.5 Å². The Hall–Kier alpha value is -4.32. The lowest BCUT2D eigenvalue weighted by atomic mass is 9.89. The lowest BCUT2D eigenvalue weighted by Crippen LogP contribution is -2.37. The molecule has 0 aliphatic carbocycles. The van der Waals surface area contributed by atoms with E-state index < -0.39 is 11.9 Å². The minimum atomic E-state index is -1.26. The summed E-state index contributed by atoms with van der Waals surface area (Å²) in [7, 11) is 1.65. The Morgan fingerprint density at radius 2 is 1.60 bits per heavy atom. The number of thioether (sulfide) groups is 1. The summed E-state index contributed by atoms with van der Waals surface area (Å²) in [5.74, 6) is -0.691. The van der Waals surface area contributed by atoms with Gasteiger partial charge in [0.05, 0.1) is 19.4 Å². The van der Waals surface area contributed by atoms with Crippen molar-refractivity contribution in [3.63, 3.8) is 0 Å². The van der Waals surface area contributed by atoms with Crippen LogP contribution in [0.25, 0.3) is 0 Å². The number of anilines is 1. The number of aliphatic carboxylic acids is 2. The van der Waals surface area contributed by atoms with E-state index in [1.54, 1.807) is 37.9 Å². The van der Waals surface area contributed by atoms with Gasteiger partial charge in [0.25, 0.3) is 0 Å². The fraction of sp³-hybridized carbons (Fsp3) is 0.333. The molecule has 12 heteroatoms. The molecule has 1 amide bonds. The normalized spacial score (nSPS) is 16.1. The van der Waals surface area contributed by atoms with Gasteiger partial charge in [-0.25, -0.2) is 9.59 Å². The highest BCUT2D eigenvalue weighted by Gasteiger charge is 2.36. The number of fused-ring (bicyclic) bond motifs is 1. The number of ketones is 1. The van der Waals surface area contributed by atoms with Gasteiger partial charge in [0.2, 0.25) is 5.91 Å². The number of halogens is 1. The highest BCUT2D eigenvalue weighted by atomic mass is 35.5. The average Bonchev–Trinajstić information content (AvgIpc) is 3.48. The molecular formula is C36H39ClN2O8S. The van der Waals surface area contributed by atoms with E-state index in [0.717, 1.165) is 78.5 Å². The number of nitrogens with zero attached hydrogens (tertiary/aromatic N) is 2. The van der Waals surface area contributed by atoms with Crippen molar-refractivity contribution >= 4 is 52.7 Å². The number of Topliss-reactive ketones (excluding diaryl/α,β-unsaturated/α-hetero) is 1. The van der Waals surface area contributed by atoms with Gasteiger partial charge in [-0.1, -0.05) is 35.5 Å².